The molecule has 0 spiro atoms. The van der Waals surface area contributed by atoms with E-state index >= 15 is 0 Å². The van der Waals surface area contributed by atoms with Crippen LogP contribution in [0.3, 0.4) is 0 Å². The van der Waals surface area contributed by atoms with Gasteiger partial charge in [0.1, 0.15) is 23.6 Å². The highest BCUT2D eigenvalue weighted by Crippen LogP contribution is 2.31. The number of hydrogen-bond acceptors (Lipinski definition) is 6. The molecule has 0 amide bonds. The van der Waals surface area contributed by atoms with Crippen molar-refractivity contribution in [2.45, 2.75) is 31.7 Å². The fraction of sp³-hybridized carbons (Fsp3) is 0.174. The van der Waals surface area contributed by atoms with E-state index in [1.165, 1.54) is 12.4 Å². The maximum atomic E-state index is 13.6. The highest BCUT2D eigenvalue weighted by molar-refractivity contribution is 7.92. The Hall–Kier alpha value is -3.50. The van der Waals surface area contributed by atoms with Gasteiger partial charge in [0.25, 0.3) is 10.0 Å². The van der Waals surface area contributed by atoms with E-state index in [0.29, 0.717) is 22.2 Å². The molecule has 0 atom stereocenters. The van der Waals surface area contributed by atoms with Crippen molar-refractivity contribution in [2.24, 2.45) is 0 Å². The van der Waals surface area contributed by atoms with Gasteiger partial charge in [0.05, 0.1) is 26.6 Å². The zero-order chi connectivity index (χ0) is 24.8. The van der Waals surface area contributed by atoms with Crippen LogP contribution in [0.2, 0.25) is 5.02 Å². The van der Waals surface area contributed by atoms with Crippen LogP contribution in [0.5, 0.6) is 0 Å². The SMILES string of the molecule is Cc1c(NS(=O)(=O)c2ccc(F)c(Cl)c2)cccc1C(=O)c1cn(C(C)C)c2ncnc(N)c12. The van der Waals surface area contributed by atoms with Crippen molar-refractivity contribution in [3.63, 3.8) is 0 Å². The van der Waals surface area contributed by atoms with E-state index < -0.39 is 15.8 Å². The van der Waals surface area contributed by atoms with E-state index in [-0.39, 0.29) is 38.8 Å². The van der Waals surface area contributed by atoms with Crippen LogP contribution in [-0.4, -0.2) is 28.7 Å². The second-order valence-corrected chi connectivity index (χ2v) is 10.1. The third kappa shape index (κ3) is 4.10. The van der Waals surface area contributed by atoms with Crippen molar-refractivity contribution in [1.82, 2.24) is 14.5 Å². The van der Waals surface area contributed by atoms with Crippen molar-refractivity contribution >= 4 is 49.9 Å². The van der Waals surface area contributed by atoms with Crippen molar-refractivity contribution in [1.29, 1.82) is 0 Å². The first-order chi connectivity index (χ1) is 16.0. The zero-order valence-electron chi connectivity index (χ0n) is 18.5. The number of nitrogens with two attached hydrogens (primary N) is 1. The molecule has 0 saturated heterocycles. The average Bonchev–Trinajstić information content (AvgIpc) is 3.18. The van der Waals surface area contributed by atoms with E-state index in [2.05, 4.69) is 14.7 Å². The van der Waals surface area contributed by atoms with Gasteiger partial charge in [-0.3, -0.25) is 9.52 Å². The second kappa shape index (κ2) is 8.69. The highest BCUT2D eigenvalue weighted by Gasteiger charge is 2.24. The fourth-order valence-electron chi connectivity index (χ4n) is 3.66. The molecule has 0 aliphatic heterocycles. The number of ketones is 1. The molecule has 0 aliphatic carbocycles. The molecule has 4 aromatic rings. The minimum Gasteiger partial charge on any atom is -0.383 e. The number of carbonyl (C=O) groups excluding carboxylic acids is 1. The summed E-state index contributed by atoms with van der Waals surface area (Å²) in [6.07, 6.45) is 3.02. The summed E-state index contributed by atoms with van der Waals surface area (Å²) in [6, 6.07) is 7.81. The van der Waals surface area contributed by atoms with Crippen molar-refractivity contribution in [3.8, 4) is 0 Å². The first-order valence-electron chi connectivity index (χ1n) is 10.2. The molecule has 4 rings (SSSR count). The molecule has 0 aliphatic rings. The summed E-state index contributed by atoms with van der Waals surface area (Å²) in [5.74, 6) is -0.905. The number of aromatic nitrogens is 3. The van der Waals surface area contributed by atoms with Crippen LogP contribution in [-0.2, 0) is 10.0 Å². The Morgan fingerprint density at radius 2 is 1.91 bits per heavy atom. The Kier molecular flexibility index (Phi) is 6.05. The molecule has 2 aromatic heterocycles. The summed E-state index contributed by atoms with van der Waals surface area (Å²) < 4.78 is 43.5. The summed E-state index contributed by atoms with van der Waals surface area (Å²) in [4.78, 5) is 21.7. The van der Waals surface area contributed by atoms with E-state index in [9.17, 15) is 17.6 Å². The average molecular weight is 502 g/mol. The van der Waals surface area contributed by atoms with Gasteiger partial charge >= 0.3 is 0 Å². The highest BCUT2D eigenvalue weighted by atomic mass is 35.5. The van der Waals surface area contributed by atoms with Gasteiger partial charge in [-0.1, -0.05) is 23.7 Å². The van der Waals surface area contributed by atoms with Crippen LogP contribution in [0.1, 0.15) is 41.4 Å². The lowest BCUT2D eigenvalue weighted by atomic mass is 9.98. The number of hydrogen-bond donors (Lipinski definition) is 2. The van der Waals surface area contributed by atoms with Gasteiger partial charge in [0, 0.05) is 17.8 Å². The normalized spacial score (nSPS) is 11.8. The number of nitrogen functional groups attached to an aromatic ring is 1. The number of anilines is 2. The molecule has 0 fully saturated rings. The minimum absolute atomic E-state index is 0.0140. The Morgan fingerprint density at radius 3 is 2.59 bits per heavy atom. The summed E-state index contributed by atoms with van der Waals surface area (Å²) in [6.45, 7) is 5.53. The predicted octanol–water partition coefficient (Wildman–Crippen LogP) is 4.73. The molecule has 176 valence electrons. The number of halogens is 2. The molecule has 11 heteroatoms. The van der Waals surface area contributed by atoms with Gasteiger partial charge in [0.2, 0.25) is 0 Å². The van der Waals surface area contributed by atoms with Crippen molar-refractivity contribution in [3.05, 3.63) is 76.5 Å². The molecular weight excluding hydrogens is 481 g/mol. The third-order valence-electron chi connectivity index (χ3n) is 5.46. The molecule has 0 saturated carbocycles. The first kappa shape index (κ1) is 23.7. The van der Waals surface area contributed by atoms with Gasteiger partial charge in [-0.25, -0.2) is 22.8 Å². The van der Waals surface area contributed by atoms with E-state index in [1.807, 2.05) is 18.4 Å². The molecule has 3 N–H and O–H groups in total. The van der Waals surface area contributed by atoms with Gasteiger partial charge in [-0.05, 0) is 50.6 Å². The van der Waals surface area contributed by atoms with Crippen molar-refractivity contribution in [2.75, 3.05) is 10.5 Å². The zero-order valence-corrected chi connectivity index (χ0v) is 20.1. The second-order valence-electron chi connectivity index (χ2n) is 7.99. The number of nitrogens with one attached hydrogen (secondary N) is 1. The van der Waals surface area contributed by atoms with Crippen LogP contribution in [0.15, 0.2) is 53.8 Å². The van der Waals surface area contributed by atoms with E-state index in [4.69, 9.17) is 17.3 Å². The number of carbonyl (C=O) groups is 1. The monoisotopic (exact) mass is 501 g/mol. The van der Waals surface area contributed by atoms with Crippen LogP contribution >= 0.6 is 11.6 Å². The number of benzene rings is 2. The largest absolute Gasteiger partial charge is 0.383 e. The molecule has 0 unspecified atom stereocenters. The number of nitrogens with zero attached hydrogens (tertiary/aromatic N) is 3. The Balaban J connectivity index is 1.77. The van der Waals surface area contributed by atoms with Gasteiger partial charge in [0.15, 0.2) is 5.78 Å². The van der Waals surface area contributed by atoms with E-state index in [0.717, 1.165) is 18.2 Å². The predicted molar refractivity (Wildman–Crippen MR) is 129 cm³/mol. The molecule has 8 nitrogen and oxygen atoms in total. The fourth-order valence-corrected chi connectivity index (χ4v) is 5.05. The Morgan fingerprint density at radius 1 is 1.18 bits per heavy atom. The lowest BCUT2D eigenvalue weighted by Gasteiger charge is -2.13. The Bertz CT molecular complexity index is 1550. The summed E-state index contributed by atoms with van der Waals surface area (Å²) >= 11 is 5.74. The molecular formula is C23H21ClFN5O3S. The topological polar surface area (TPSA) is 120 Å². The summed E-state index contributed by atoms with van der Waals surface area (Å²) in [7, 11) is -4.09. The summed E-state index contributed by atoms with van der Waals surface area (Å²) in [5.41, 5.74) is 7.82. The quantitative estimate of drug-likeness (QED) is 0.368. The van der Waals surface area contributed by atoms with Crippen molar-refractivity contribution < 1.29 is 17.6 Å². The maximum absolute atomic E-state index is 13.6. The van der Waals surface area contributed by atoms with Crippen LogP contribution in [0.25, 0.3) is 11.0 Å². The lowest BCUT2D eigenvalue weighted by molar-refractivity contribution is 0.103. The molecule has 0 bridgehead atoms. The lowest BCUT2D eigenvalue weighted by Crippen LogP contribution is -2.15. The van der Waals surface area contributed by atoms with Gasteiger partial charge in [-0.15, -0.1) is 0 Å². The van der Waals surface area contributed by atoms with Gasteiger partial charge in [-0.2, -0.15) is 0 Å². The Labute approximate surface area is 200 Å². The third-order valence-corrected chi connectivity index (χ3v) is 7.12. The first-order valence-corrected chi connectivity index (χ1v) is 12.1. The number of sulfonamides is 1. The molecule has 0 radical (unpaired) electrons. The summed E-state index contributed by atoms with van der Waals surface area (Å²) in [5, 5.41) is 0.123. The maximum Gasteiger partial charge on any atom is 0.261 e. The van der Waals surface area contributed by atoms with Crippen LogP contribution in [0.4, 0.5) is 15.9 Å². The number of rotatable bonds is 6. The number of fused-ring (bicyclic) bond motifs is 1. The van der Waals surface area contributed by atoms with Crippen LogP contribution in [0, 0.1) is 12.7 Å². The molecule has 2 heterocycles. The van der Waals surface area contributed by atoms with Gasteiger partial charge < -0.3 is 10.3 Å². The molecule has 2 aromatic carbocycles. The van der Waals surface area contributed by atoms with E-state index in [1.54, 1.807) is 25.3 Å². The minimum atomic E-state index is -4.09. The smallest absolute Gasteiger partial charge is 0.261 e. The van der Waals surface area contributed by atoms with Crippen LogP contribution < -0.4 is 10.5 Å². The molecule has 34 heavy (non-hydrogen) atoms. The standard InChI is InChI=1S/C23H21ClFN5O3S/c1-12(2)30-10-16(20-22(26)27-11-28-23(20)30)21(31)15-5-4-6-19(13(15)3)29-34(32,33)14-7-8-18(25)17(24)9-14/h4-12,29H,1-3H3,(H2,26,27,28).